The van der Waals surface area contributed by atoms with Gasteiger partial charge in [-0.2, -0.15) is 0 Å². The van der Waals surface area contributed by atoms with Crippen molar-refractivity contribution in [1.82, 2.24) is 14.9 Å². The molecule has 0 aliphatic carbocycles. The second kappa shape index (κ2) is 7.70. The summed E-state index contributed by atoms with van der Waals surface area (Å²) in [5.74, 6) is -0.144. The van der Waals surface area contributed by atoms with Crippen LogP contribution in [0, 0.1) is 0 Å². The number of nitrogens with one attached hydrogen (secondary N) is 1. The monoisotopic (exact) mass is 325 g/mol. The minimum atomic E-state index is -0.144. The fourth-order valence-electron chi connectivity index (χ4n) is 2.53. The third-order valence-electron chi connectivity index (χ3n) is 3.69. The van der Waals surface area contributed by atoms with Crippen LogP contribution in [0.25, 0.3) is 11.0 Å². The van der Waals surface area contributed by atoms with E-state index in [-0.39, 0.29) is 5.91 Å². The van der Waals surface area contributed by atoms with Crippen molar-refractivity contribution in [2.75, 3.05) is 6.61 Å². The van der Waals surface area contributed by atoms with Crippen LogP contribution in [-0.2, 0) is 18.1 Å². The maximum absolute atomic E-state index is 12.2. The van der Waals surface area contributed by atoms with E-state index in [9.17, 15) is 4.79 Å². The Balaban J connectivity index is 1.75. The van der Waals surface area contributed by atoms with Crippen LogP contribution in [0.1, 0.15) is 23.7 Å². The second-order valence-corrected chi connectivity index (χ2v) is 5.49. The SMILES string of the molecule is CCCOCn1c[n+](CNC(=O)c2cccnc2)c2ccccc21. The average Bonchev–Trinajstić information content (AvgIpc) is 2.99. The summed E-state index contributed by atoms with van der Waals surface area (Å²) in [6, 6.07) is 11.6. The highest BCUT2D eigenvalue weighted by atomic mass is 16.5. The number of carbonyl (C=O) groups excluding carboxylic acids is 1. The van der Waals surface area contributed by atoms with Gasteiger partial charge in [0.25, 0.3) is 5.91 Å². The maximum atomic E-state index is 12.2. The van der Waals surface area contributed by atoms with Gasteiger partial charge >= 0.3 is 0 Å². The molecule has 0 aliphatic heterocycles. The van der Waals surface area contributed by atoms with Crippen molar-refractivity contribution in [2.45, 2.75) is 26.7 Å². The number of carbonyl (C=O) groups is 1. The molecule has 0 aliphatic rings. The summed E-state index contributed by atoms with van der Waals surface area (Å²) >= 11 is 0. The molecule has 0 saturated heterocycles. The zero-order valence-corrected chi connectivity index (χ0v) is 13.7. The first-order valence-electron chi connectivity index (χ1n) is 8.03. The van der Waals surface area contributed by atoms with Crippen molar-refractivity contribution < 1.29 is 14.1 Å². The lowest BCUT2D eigenvalue weighted by Crippen LogP contribution is -2.43. The second-order valence-electron chi connectivity index (χ2n) is 5.49. The van der Waals surface area contributed by atoms with Gasteiger partial charge in [-0.05, 0) is 30.7 Å². The number of benzene rings is 1. The molecule has 6 heteroatoms. The highest BCUT2D eigenvalue weighted by molar-refractivity contribution is 5.93. The summed E-state index contributed by atoms with van der Waals surface area (Å²) < 4.78 is 9.68. The molecule has 3 aromatic rings. The number of aromatic nitrogens is 3. The van der Waals surface area contributed by atoms with E-state index in [1.165, 1.54) is 0 Å². The first-order chi connectivity index (χ1) is 11.8. The third kappa shape index (κ3) is 3.60. The Hall–Kier alpha value is -2.73. The highest BCUT2D eigenvalue weighted by Gasteiger charge is 2.16. The van der Waals surface area contributed by atoms with Gasteiger partial charge in [-0.3, -0.25) is 9.78 Å². The van der Waals surface area contributed by atoms with E-state index in [4.69, 9.17) is 4.74 Å². The molecule has 2 aromatic heterocycles. The Labute approximate surface area is 140 Å². The topological polar surface area (TPSA) is 60.0 Å². The van der Waals surface area contributed by atoms with Gasteiger partial charge in [-0.1, -0.05) is 19.1 Å². The molecule has 3 rings (SSSR count). The summed E-state index contributed by atoms with van der Waals surface area (Å²) in [6.45, 7) is 3.69. The number of pyridine rings is 1. The van der Waals surface area contributed by atoms with E-state index in [2.05, 4.69) is 17.2 Å². The van der Waals surface area contributed by atoms with Crippen LogP contribution < -0.4 is 9.88 Å². The van der Waals surface area contributed by atoms with E-state index in [1.54, 1.807) is 24.5 Å². The van der Waals surface area contributed by atoms with Crippen molar-refractivity contribution in [3.05, 3.63) is 60.7 Å². The predicted octanol–water partition coefficient (Wildman–Crippen LogP) is 2.10. The molecule has 24 heavy (non-hydrogen) atoms. The van der Waals surface area contributed by atoms with Crippen LogP contribution >= 0.6 is 0 Å². The molecule has 1 amide bonds. The Bertz CT molecular complexity index is 814. The molecule has 0 saturated carbocycles. The number of rotatable bonds is 7. The number of amides is 1. The Morgan fingerprint density at radius 3 is 2.96 bits per heavy atom. The molecule has 0 unspecified atom stereocenters. The molecule has 0 spiro atoms. The van der Waals surface area contributed by atoms with Gasteiger partial charge in [0.2, 0.25) is 6.33 Å². The Kier molecular flexibility index (Phi) is 5.18. The largest absolute Gasteiger partial charge is 0.342 e. The van der Waals surface area contributed by atoms with Gasteiger partial charge in [0.1, 0.15) is 0 Å². The van der Waals surface area contributed by atoms with E-state index in [1.807, 2.05) is 39.7 Å². The summed E-state index contributed by atoms with van der Waals surface area (Å²) in [4.78, 5) is 16.1. The normalized spacial score (nSPS) is 10.9. The standard InChI is InChI=1S/C18H20N4O2/c1-2-10-24-14-22-13-21(16-7-3-4-8-17(16)22)12-20-18(23)15-6-5-9-19-11-15/h3-9,11,13H,2,10,12,14H2,1H3/p+1. The van der Waals surface area contributed by atoms with Gasteiger partial charge in [-0.15, -0.1) is 0 Å². The van der Waals surface area contributed by atoms with Gasteiger partial charge in [-0.25, -0.2) is 9.13 Å². The summed E-state index contributed by atoms with van der Waals surface area (Å²) in [5, 5.41) is 2.92. The summed E-state index contributed by atoms with van der Waals surface area (Å²) in [7, 11) is 0. The number of fused-ring (bicyclic) bond motifs is 1. The van der Waals surface area contributed by atoms with Crippen molar-refractivity contribution in [2.24, 2.45) is 0 Å². The maximum Gasteiger partial charge on any atom is 0.255 e. The highest BCUT2D eigenvalue weighted by Crippen LogP contribution is 2.10. The molecule has 1 N–H and O–H groups in total. The van der Waals surface area contributed by atoms with Crippen LogP contribution in [0.5, 0.6) is 0 Å². The van der Waals surface area contributed by atoms with Gasteiger partial charge in [0, 0.05) is 12.4 Å². The number of ether oxygens (including phenoxy) is 1. The van der Waals surface area contributed by atoms with E-state index >= 15 is 0 Å². The zero-order valence-electron chi connectivity index (χ0n) is 13.7. The average molecular weight is 325 g/mol. The molecule has 2 heterocycles. The van der Waals surface area contributed by atoms with E-state index in [0.717, 1.165) is 24.1 Å². The Morgan fingerprint density at radius 1 is 1.29 bits per heavy atom. The van der Waals surface area contributed by atoms with E-state index < -0.39 is 0 Å². The number of imidazole rings is 1. The minimum absolute atomic E-state index is 0.144. The lowest BCUT2D eigenvalue weighted by atomic mass is 10.3. The molecule has 0 bridgehead atoms. The van der Waals surface area contributed by atoms with Gasteiger partial charge < -0.3 is 10.1 Å². The zero-order chi connectivity index (χ0) is 16.8. The van der Waals surface area contributed by atoms with Crippen molar-refractivity contribution in [3.8, 4) is 0 Å². The summed E-state index contributed by atoms with van der Waals surface area (Å²) in [6.07, 6.45) is 6.15. The minimum Gasteiger partial charge on any atom is -0.342 e. The first-order valence-corrected chi connectivity index (χ1v) is 8.03. The quantitative estimate of drug-likeness (QED) is 0.534. The van der Waals surface area contributed by atoms with Gasteiger partial charge in [0.05, 0.1) is 12.2 Å². The van der Waals surface area contributed by atoms with Crippen molar-refractivity contribution in [3.63, 3.8) is 0 Å². The van der Waals surface area contributed by atoms with Crippen LogP contribution in [0.3, 0.4) is 0 Å². The molecule has 0 radical (unpaired) electrons. The van der Waals surface area contributed by atoms with Crippen molar-refractivity contribution >= 4 is 16.9 Å². The van der Waals surface area contributed by atoms with Crippen LogP contribution in [0.2, 0.25) is 0 Å². The molecule has 6 nitrogen and oxygen atoms in total. The lowest BCUT2D eigenvalue weighted by Gasteiger charge is -2.02. The molecule has 0 atom stereocenters. The van der Waals surface area contributed by atoms with Crippen molar-refractivity contribution in [1.29, 1.82) is 0 Å². The van der Waals surface area contributed by atoms with Crippen LogP contribution in [0.4, 0.5) is 0 Å². The molecule has 0 fully saturated rings. The fourth-order valence-corrected chi connectivity index (χ4v) is 2.53. The smallest absolute Gasteiger partial charge is 0.255 e. The fraction of sp³-hybridized carbons (Fsp3) is 0.278. The van der Waals surface area contributed by atoms with Crippen LogP contribution in [0.15, 0.2) is 55.1 Å². The molecular formula is C18H21N4O2+. The molecule has 1 aromatic carbocycles. The number of hydrogen-bond donors (Lipinski definition) is 1. The van der Waals surface area contributed by atoms with E-state index in [0.29, 0.717) is 19.0 Å². The molecule has 124 valence electrons. The number of nitrogens with zero attached hydrogens (tertiary/aromatic N) is 3. The van der Waals surface area contributed by atoms with Gasteiger partial charge in [0.15, 0.2) is 24.4 Å². The first kappa shape index (κ1) is 16.1. The summed E-state index contributed by atoms with van der Waals surface area (Å²) in [5.41, 5.74) is 2.67. The number of para-hydroxylation sites is 2. The predicted molar refractivity (Wildman–Crippen MR) is 90.1 cm³/mol. The molecular weight excluding hydrogens is 304 g/mol. The number of hydrogen-bond acceptors (Lipinski definition) is 3. The lowest BCUT2D eigenvalue weighted by molar-refractivity contribution is -0.675. The third-order valence-corrected chi connectivity index (χ3v) is 3.69. The van der Waals surface area contributed by atoms with Crippen LogP contribution in [-0.4, -0.2) is 22.1 Å². The Morgan fingerprint density at radius 2 is 2.17 bits per heavy atom.